The molecule has 0 radical (unpaired) electrons. The molecule has 2 heterocycles. The zero-order valence-corrected chi connectivity index (χ0v) is 20.5. The molecular formula is C28H29N5O4. The predicted octanol–water partition coefficient (Wildman–Crippen LogP) is 4.87. The number of likely N-dealkylation sites (tertiary alicyclic amines) is 1. The zero-order valence-electron chi connectivity index (χ0n) is 20.5. The third-order valence-corrected chi connectivity index (χ3v) is 6.72. The third-order valence-electron chi connectivity index (χ3n) is 6.72. The number of piperidine rings is 1. The summed E-state index contributed by atoms with van der Waals surface area (Å²) in [5.41, 5.74) is 2.64. The molecule has 0 bridgehead atoms. The van der Waals surface area contributed by atoms with Gasteiger partial charge in [-0.3, -0.25) is 19.8 Å². The van der Waals surface area contributed by atoms with Crippen LogP contribution in [0, 0.1) is 16.0 Å². The summed E-state index contributed by atoms with van der Waals surface area (Å²) < 4.78 is 8.29. The number of non-ortho nitro benzene ring substituents is 1. The van der Waals surface area contributed by atoms with Gasteiger partial charge in [-0.15, -0.1) is 0 Å². The number of nitro groups is 1. The lowest BCUT2D eigenvalue weighted by Gasteiger charge is -2.32. The summed E-state index contributed by atoms with van der Waals surface area (Å²) in [7, 11) is 0. The van der Waals surface area contributed by atoms with Crippen molar-refractivity contribution in [1.29, 1.82) is 0 Å². The molecule has 190 valence electrons. The van der Waals surface area contributed by atoms with Gasteiger partial charge in [-0.2, -0.15) is 0 Å². The van der Waals surface area contributed by atoms with Gasteiger partial charge in [0, 0.05) is 24.4 Å². The minimum absolute atomic E-state index is 0.000489. The molecule has 1 N–H and O–H groups in total. The number of aromatic nitrogens is 2. The van der Waals surface area contributed by atoms with Crippen molar-refractivity contribution < 1.29 is 14.5 Å². The third kappa shape index (κ3) is 6.13. The van der Waals surface area contributed by atoms with Crippen LogP contribution in [0.2, 0.25) is 0 Å². The van der Waals surface area contributed by atoms with E-state index in [1.54, 1.807) is 12.1 Å². The molecule has 37 heavy (non-hydrogen) atoms. The highest BCUT2D eigenvalue weighted by Crippen LogP contribution is 2.25. The number of anilines is 1. The second-order valence-electron chi connectivity index (χ2n) is 9.30. The summed E-state index contributed by atoms with van der Waals surface area (Å²) in [5, 5.41) is 13.6. The van der Waals surface area contributed by atoms with Gasteiger partial charge in [-0.05, 0) is 68.2 Å². The van der Waals surface area contributed by atoms with Gasteiger partial charge in [0.1, 0.15) is 18.2 Å². The Morgan fingerprint density at radius 2 is 1.70 bits per heavy atom. The van der Waals surface area contributed by atoms with Gasteiger partial charge < -0.3 is 14.6 Å². The van der Waals surface area contributed by atoms with Gasteiger partial charge in [0.05, 0.1) is 22.5 Å². The van der Waals surface area contributed by atoms with Crippen LogP contribution in [0.15, 0.2) is 78.9 Å². The quantitative estimate of drug-likeness (QED) is 0.260. The number of para-hydroxylation sites is 3. The molecule has 1 aliphatic rings. The number of hydrogen-bond acceptors (Lipinski definition) is 6. The summed E-state index contributed by atoms with van der Waals surface area (Å²) in [4.78, 5) is 29.8. The molecule has 0 atom stereocenters. The average molecular weight is 500 g/mol. The first-order chi connectivity index (χ1) is 18.0. The molecule has 1 aliphatic heterocycles. The van der Waals surface area contributed by atoms with E-state index in [0.29, 0.717) is 24.8 Å². The number of benzene rings is 3. The minimum atomic E-state index is -0.457. The van der Waals surface area contributed by atoms with E-state index >= 15 is 0 Å². The lowest BCUT2D eigenvalue weighted by Crippen LogP contribution is -2.40. The Balaban J connectivity index is 1.16. The highest BCUT2D eigenvalue weighted by Gasteiger charge is 2.23. The van der Waals surface area contributed by atoms with Gasteiger partial charge in [0.15, 0.2) is 0 Å². The summed E-state index contributed by atoms with van der Waals surface area (Å²) in [6.07, 6.45) is 1.96. The molecule has 3 aromatic carbocycles. The lowest BCUT2D eigenvalue weighted by molar-refractivity contribution is -0.384. The van der Waals surface area contributed by atoms with Gasteiger partial charge in [-0.1, -0.05) is 30.3 Å². The number of fused-ring (bicyclic) bond motifs is 1. The van der Waals surface area contributed by atoms with Crippen molar-refractivity contribution in [3.63, 3.8) is 0 Å². The van der Waals surface area contributed by atoms with Gasteiger partial charge in [0.25, 0.3) is 5.69 Å². The normalized spacial score (nSPS) is 14.5. The molecule has 0 aliphatic carbocycles. The molecule has 0 unspecified atom stereocenters. The van der Waals surface area contributed by atoms with Crippen molar-refractivity contribution in [3.05, 3.63) is 94.8 Å². The number of amides is 1. The Labute approximate surface area is 214 Å². The molecule has 1 saturated heterocycles. The number of nitrogens with one attached hydrogen (secondary N) is 1. The number of carbonyl (C=O) groups excluding carboxylic acids is 1. The molecule has 1 aromatic heterocycles. The Bertz CT molecular complexity index is 1360. The fraction of sp³-hybridized carbons (Fsp3) is 0.286. The second kappa shape index (κ2) is 11.2. The van der Waals surface area contributed by atoms with E-state index in [1.807, 2.05) is 48.5 Å². The predicted molar refractivity (Wildman–Crippen MR) is 141 cm³/mol. The Morgan fingerprint density at radius 3 is 2.43 bits per heavy atom. The maximum absolute atomic E-state index is 12.5. The van der Waals surface area contributed by atoms with Crippen molar-refractivity contribution >= 4 is 28.3 Å². The molecule has 5 rings (SSSR count). The first-order valence-corrected chi connectivity index (χ1v) is 12.4. The minimum Gasteiger partial charge on any atom is -0.486 e. The highest BCUT2D eigenvalue weighted by molar-refractivity contribution is 5.92. The number of nitrogens with zero attached hydrogens (tertiary/aromatic N) is 4. The number of nitro benzene ring substituents is 1. The topological polar surface area (TPSA) is 103 Å². The second-order valence-corrected chi connectivity index (χ2v) is 9.30. The van der Waals surface area contributed by atoms with Crippen LogP contribution in [-0.4, -0.2) is 44.9 Å². The molecule has 0 spiro atoms. The Kier molecular flexibility index (Phi) is 7.41. The van der Waals surface area contributed by atoms with Gasteiger partial charge in [-0.25, -0.2) is 4.98 Å². The molecule has 9 nitrogen and oxygen atoms in total. The monoisotopic (exact) mass is 499 g/mol. The number of imidazole rings is 1. The fourth-order valence-electron chi connectivity index (χ4n) is 4.76. The van der Waals surface area contributed by atoms with E-state index in [2.05, 4.69) is 20.9 Å². The first kappa shape index (κ1) is 24.5. The molecule has 0 saturated carbocycles. The Morgan fingerprint density at radius 1 is 1.00 bits per heavy atom. The summed E-state index contributed by atoms with van der Waals surface area (Å²) in [5.74, 6) is 2.09. The van der Waals surface area contributed by atoms with Crippen LogP contribution in [-0.2, 0) is 17.9 Å². The van der Waals surface area contributed by atoms with E-state index < -0.39 is 4.92 Å². The van der Waals surface area contributed by atoms with Crippen LogP contribution < -0.4 is 10.1 Å². The van der Waals surface area contributed by atoms with E-state index in [1.165, 1.54) is 12.1 Å². The maximum atomic E-state index is 12.5. The van der Waals surface area contributed by atoms with Crippen LogP contribution in [0.1, 0.15) is 18.7 Å². The fourth-order valence-corrected chi connectivity index (χ4v) is 4.76. The Hall–Kier alpha value is -4.24. The molecule has 9 heteroatoms. The summed E-state index contributed by atoms with van der Waals surface area (Å²) >= 11 is 0. The average Bonchev–Trinajstić information content (AvgIpc) is 3.26. The summed E-state index contributed by atoms with van der Waals surface area (Å²) in [6, 6.07) is 23.8. The van der Waals surface area contributed by atoms with Crippen LogP contribution in [0.5, 0.6) is 5.75 Å². The SMILES string of the molecule is O=C(CN1CCC(Cn2c(COc3ccccc3)nc3ccccc32)CC1)Nc1ccc([N+](=O)[O-])cc1. The number of carbonyl (C=O) groups is 1. The molecule has 4 aromatic rings. The van der Waals surface area contributed by atoms with Crippen LogP contribution >= 0.6 is 0 Å². The molecule has 1 fully saturated rings. The maximum Gasteiger partial charge on any atom is 0.269 e. The van der Waals surface area contributed by atoms with Crippen molar-refractivity contribution in [2.45, 2.75) is 26.0 Å². The van der Waals surface area contributed by atoms with E-state index in [4.69, 9.17) is 9.72 Å². The van der Waals surface area contributed by atoms with E-state index in [0.717, 1.165) is 55.1 Å². The largest absolute Gasteiger partial charge is 0.486 e. The molecular weight excluding hydrogens is 470 g/mol. The number of rotatable bonds is 9. The summed E-state index contributed by atoms with van der Waals surface area (Å²) in [6.45, 7) is 3.23. The highest BCUT2D eigenvalue weighted by atomic mass is 16.6. The number of ether oxygens (including phenoxy) is 1. The van der Waals surface area contributed by atoms with E-state index in [9.17, 15) is 14.9 Å². The van der Waals surface area contributed by atoms with Crippen LogP contribution in [0.3, 0.4) is 0 Å². The van der Waals surface area contributed by atoms with Crippen LogP contribution in [0.4, 0.5) is 11.4 Å². The van der Waals surface area contributed by atoms with Crippen molar-refractivity contribution in [2.24, 2.45) is 5.92 Å². The van der Waals surface area contributed by atoms with Gasteiger partial charge in [0.2, 0.25) is 5.91 Å². The zero-order chi connectivity index (χ0) is 25.6. The van der Waals surface area contributed by atoms with Crippen molar-refractivity contribution in [3.8, 4) is 5.75 Å². The first-order valence-electron chi connectivity index (χ1n) is 12.4. The van der Waals surface area contributed by atoms with Crippen molar-refractivity contribution in [2.75, 3.05) is 25.0 Å². The van der Waals surface area contributed by atoms with Crippen molar-refractivity contribution in [1.82, 2.24) is 14.5 Å². The molecule has 1 amide bonds. The standard InChI is InChI=1S/C28H29N5O4/c34-28(29-22-10-12-23(13-11-22)33(35)36)19-31-16-14-21(15-17-31)18-32-26-9-5-4-8-25(26)30-27(32)20-37-24-6-2-1-3-7-24/h1-13,21H,14-20H2,(H,29,34). The van der Waals surface area contributed by atoms with Gasteiger partial charge >= 0.3 is 0 Å². The lowest BCUT2D eigenvalue weighted by atomic mass is 9.96. The van der Waals surface area contributed by atoms with E-state index in [-0.39, 0.29) is 11.6 Å². The number of hydrogen-bond donors (Lipinski definition) is 1. The van der Waals surface area contributed by atoms with Crippen LogP contribution in [0.25, 0.3) is 11.0 Å². The smallest absolute Gasteiger partial charge is 0.269 e.